The molecule has 3 rings (SSSR count). The fourth-order valence-electron chi connectivity index (χ4n) is 2.84. The van der Waals surface area contributed by atoms with Gasteiger partial charge >= 0.3 is 0 Å². The molecule has 3 nitrogen and oxygen atoms in total. The summed E-state index contributed by atoms with van der Waals surface area (Å²) in [4.78, 5) is 2.42. The first-order valence-electron chi connectivity index (χ1n) is 6.34. The van der Waals surface area contributed by atoms with E-state index in [-0.39, 0.29) is 5.54 Å². The third-order valence-corrected chi connectivity index (χ3v) is 3.97. The van der Waals surface area contributed by atoms with E-state index >= 15 is 0 Å². The van der Waals surface area contributed by atoms with Crippen LogP contribution < -0.4 is 10.5 Å². The maximum Gasteiger partial charge on any atom is 0.119 e. The maximum absolute atomic E-state index is 6.34. The Hall–Kier alpha value is -1.06. The van der Waals surface area contributed by atoms with Gasteiger partial charge in [-0.05, 0) is 36.5 Å². The minimum atomic E-state index is 0.124. The van der Waals surface area contributed by atoms with E-state index < -0.39 is 0 Å². The van der Waals surface area contributed by atoms with Crippen LogP contribution in [0.4, 0.5) is 0 Å². The van der Waals surface area contributed by atoms with Gasteiger partial charge in [0.2, 0.25) is 0 Å². The molecule has 92 valence electrons. The molecule has 1 saturated heterocycles. The van der Waals surface area contributed by atoms with E-state index in [1.807, 2.05) is 12.1 Å². The van der Waals surface area contributed by atoms with Gasteiger partial charge in [-0.25, -0.2) is 0 Å². The molecule has 1 aliphatic heterocycles. The summed E-state index contributed by atoms with van der Waals surface area (Å²) in [5.41, 5.74) is 7.77. The smallest absolute Gasteiger partial charge is 0.119 e. The molecule has 0 amide bonds. The molecule has 0 aromatic heterocycles. The lowest BCUT2D eigenvalue weighted by atomic mass is 9.85. The van der Waals surface area contributed by atoms with Crippen LogP contribution in [-0.2, 0) is 6.54 Å². The van der Waals surface area contributed by atoms with Crippen LogP contribution in [-0.4, -0.2) is 30.6 Å². The molecule has 0 atom stereocenters. The molecule has 2 fully saturated rings. The van der Waals surface area contributed by atoms with Gasteiger partial charge < -0.3 is 10.5 Å². The largest absolute Gasteiger partial charge is 0.497 e. The standard InChI is InChI=1S/C14H20N2O/c1-17-13-4-2-3-11(7-13)8-16-9-14(15,10-16)12-5-6-12/h2-4,7,12H,5-6,8-10,15H2,1H3. The van der Waals surface area contributed by atoms with Crippen LogP contribution in [0.2, 0.25) is 0 Å². The van der Waals surface area contributed by atoms with Crippen LogP contribution in [0.15, 0.2) is 24.3 Å². The van der Waals surface area contributed by atoms with Crippen molar-refractivity contribution in [1.82, 2.24) is 4.90 Å². The lowest BCUT2D eigenvalue weighted by Crippen LogP contribution is -2.68. The third kappa shape index (κ3) is 2.17. The fourth-order valence-corrected chi connectivity index (χ4v) is 2.84. The van der Waals surface area contributed by atoms with Crippen molar-refractivity contribution >= 4 is 0 Å². The number of nitrogens with two attached hydrogens (primary N) is 1. The number of likely N-dealkylation sites (tertiary alicyclic amines) is 1. The van der Waals surface area contributed by atoms with Gasteiger partial charge in [0.1, 0.15) is 5.75 Å². The summed E-state index contributed by atoms with van der Waals surface area (Å²) in [5, 5.41) is 0. The second kappa shape index (κ2) is 4.00. The molecule has 1 heterocycles. The predicted octanol–water partition coefficient (Wildman–Crippen LogP) is 1.62. The van der Waals surface area contributed by atoms with Crippen LogP contribution in [0.3, 0.4) is 0 Å². The summed E-state index contributed by atoms with van der Waals surface area (Å²) in [7, 11) is 1.71. The zero-order valence-electron chi connectivity index (χ0n) is 10.4. The van der Waals surface area contributed by atoms with E-state index in [2.05, 4.69) is 17.0 Å². The molecular weight excluding hydrogens is 212 g/mol. The van der Waals surface area contributed by atoms with E-state index in [0.29, 0.717) is 0 Å². The van der Waals surface area contributed by atoms with Crippen molar-refractivity contribution in [3.05, 3.63) is 29.8 Å². The highest BCUT2D eigenvalue weighted by Gasteiger charge is 2.49. The van der Waals surface area contributed by atoms with E-state index in [1.54, 1.807) is 7.11 Å². The lowest BCUT2D eigenvalue weighted by molar-refractivity contribution is 0.0478. The van der Waals surface area contributed by atoms with Crippen molar-refractivity contribution in [1.29, 1.82) is 0 Å². The number of hydrogen-bond acceptors (Lipinski definition) is 3. The van der Waals surface area contributed by atoms with E-state index in [9.17, 15) is 0 Å². The molecule has 0 spiro atoms. The summed E-state index contributed by atoms with van der Waals surface area (Å²) >= 11 is 0. The van der Waals surface area contributed by atoms with Crippen molar-refractivity contribution in [2.75, 3.05) is 20.2 Å². The summed E-state index contributed by atoms with van der Waals surface area (Å²) in [6, 6.07) is 8.28. The topological polar surface area (TPSA) is 38.5 Å². The molecule has 1 saturated carbocycles. The second-order valence-corrected chi connectivity index (χ2v) is 5.50. The van der Waals surface area contributed by atoms with Gasteiger partial charge in [0, 0.05) is 25.2 Å². The molecule has 0 bridgehead atoms. The number of ether oxygens (including phenoxy) is 1. The number of hydrogen-bond donors (Lipinski definition) is 1. The van der Waals surface area contributed by atoms with Crippen LogP contribution in [0.5, 0.6) is 5.75 Å². The number of benzene rings is 1. The Morgan fingerprint density at radius 2 is 2.18 bits per heavy atom. The van der Waals surface area contributed by atoms with Gasteiger partial charge in [0.15, 0.2) is 0 Å². The Kier molecular flexibility index (Phi) is 2.60. The minimum Gasteiger partial charge on any atom is -0.497 e. The maximum atomic E-state index is 6.34. The van der Waals surface area contributed by atoms with Gasteiger partial charge in [-0.1, -0.05) is 12.1 Å². The molecule has 1 aromatic carbocycles. The van der Waals surface area contributed by atoms with Gasteiger partial charge in [-0.15, -0.1) is 0 Å². The van der Waals surface area contributed by atoms with Crippen molar-refractivity contribution in [3.8, 4) is 5.75 Å². The fraction of sp³-hybridized carbons (Fsp3) is 0.571. The van der Waals surface area contributed by atoms with Crippen molar-refractivity contribution < 1.29 is 4.74 Å². The first kappa shape index (κ1) is 11.1. The number of rotatable bonds is 4. The van der Waals surface area contributed by atoms with Crippen molar-refractivity contribution in [3.63, 3.8) is 0 Å². The van der Waals surface area contributed by atoms with Crippen molar-refractivity contribution in [2.24, 2.45) is 11.7 Å². The monoisotopic (exact) mass is 232 g/mol. The zero-order valence-corrected chi connectivity index (χ0v) is 10.4. The van der Waals surface area contributed by atoms with Crippen LogP contribution in [0.1, 0.15) is 18.4 Å². The molecule has 1 aliphatic carbocycles. The number of nitrogens with zero attached hydrogens (tertiary/aromatic N) is 1. The van der Waals surface area contributed by atoms with E-state index in [1.165, 1.54) is 18.4 Å². The molecule has 0 radical (unpaired) electrons. The third-order valence-electron chi connectivity index (χ3n) is 3.97. The van der Waals surface area contributed by atoms with Gasteiger partial charge in [-0.2, -0.15) is 0 Å². The highest BCUT2D eigenvalue weighted by molar-refractivity contribution is 5.28. The molecule has 17 heavy (non-hydrogen) atoms. The quantitative estimate of drug-likeness (QED) is 0.857. The molecule has 0 unspecified atom stereocenters. The van der Waals surface area contributed by atoms with E-state index in [4.69, 9.17) is 10.5 Å². The summed E-state index contributed by atoms with van der Waals surface area (Å²) in [6.07, 6.45) is 2.67. The molecule has 2 aliphatic rings. The average Bonchev–Trinajstić information content (AvgIpc) is 3.11. The lowest BCUT2D eigenvalue weighted by Gasteiger charge is -2.48. The summed E-state index contributed by atoms with van der Waals surface area (Å²) in [5.74, 6) is 1.73. The number of methoxy groups -OCH3 is 1. The first-order chi connectivity index (χ1) is 8.19. The zero-order chi connectivity index (χ0) is 11.9. The first-order valence-corrected chi connectivity index (χ1v) is 6.34. The van der Waals surface area contributed by atoms with Crippen LogP contribution >= 0.6 is 0 Å². The Bertz CT molecular complexity index is 408. The van der Waals surface area contributed by atoms with Crippen LogP contribution in [0.25, 0.3) is 0 Å². The highest BCUT2D eigenvalue weighted by Crippen LogP contribution is 2.43. The van der Waals surface area contributed by atoms with Crippen LogP contribution in [0, 0.1) is 5.92 Å². The Morgan fingerprint density at radius 3 is 2.82 bits per heavy atom. The Labute approximate surface area is 103 Å². The average molecular weight is 232 g/mol. The Balaban J connectivity index is 1.57. The van der Waals surface area contributed by atoms with Gasteiger partial charge in [0.05, 0.1) is 7.11 Å². The Morgan fingerprint density at radius 1 is 1.41 bits per heavy atom. The second-order valence-electron chi connectivity index (χ2n) is 5.50. The SMILES string of the molecule is COc1cccc(CN2CC(N)(C3CC3)C2)c1. The normalized spacial score (nSPS) is 23.2. The molecule has 2 N–H and O–H groups in total. The minimum absolute atomic E-state index is 0.124. The predicted molar refractivity (Wildman–Crippen MR) is 67.9 cm³/mol. The van der Waals surface area contributed by atoms with Crippen molar-refractivity contribution in [2.45, 2.75) is 24.9 Å². The molecular formula is C14H20N2O. The van der Waals surface area contributed by atoms with E-state index in [0.717, 1.165) is 31.3 Å². The summed E-state index contributed by atoms with van der Waals surface area (Å²) < 4.78 is 5.23. The highest BCUT2D eigenvalue weighted by atomic mass is 16.5. The van der Waals surface area contributed by atoms with Gasteiger partial charge in [-0.3, -0.25) is 4.90 Å². The summed E-state index contributed by atoms with van der Waals surface area (Å²) in [6.45, 7) is 3.09. The molecule has 3 heteroatoms. The molecule has 1 aromatic rings. The van der Waals surface area contributed by atoms with Gasteiger partial charge in [0.25, 0.3) is 0 Å².